The topological polar surface area (TPSA) is 87.7 Å². The fraction of sp³-hybridized carbons (Fsp3) is 0.692. The van der Waals surface area contributed by atoms with Crippen LogP contribution in [0.2, 0.25) is 0 Å². The Bertz CT molecular complexity index is 323. The van der Waals surface area contributed by atoms with E-state index in [2.05, 4.69) is 30.4 Å². The third-order valence-electron chi connectivity index (χ3n) is 2.13. The predicted octanol–water partition coefficient (Wildman–Crippen LogP) is 0.825. The van der Waals surface area contributed by atoms with E-state index in [1.54, 1.807) is 0 Å². The van der Waals surface area contributed by atoms with Gasteiger partial charge in [0, 0.05) is 26.2 Å². The number of carboxylic acid groups (broad SMARTS) is 1. The number of urea groups is 1. The Balaban J connectivity index is 3.69. The van der Waals surface area contributed by atoms with Gasteiger partial charge in [-0.2, -0.15) is 0 Å². The largest absolute Gasteiger partial charge is 0.480 e. The summed E-state index contributed by atoms with van der Waals surface area (Å²) in [5.74, 6) is 1.54. The Hall–Kier alpha value is -1.74. The summed E-state index contributed by atoms with van der Waals surface area (Å²) in [6.07, 6.45) is 5.65. The van der Waals surface area contributed by atoms with Crippen molar-refractivity contribution in [2.75, 3.05) is 19.8 Å². The summed E-state index contributed by atoms with van der Waals surface area (Å²) in [4.78, 5) is 22.1. The molecule has 0 aromatic rings. The number of hydrogen-bond acceptors (Lipinski definition) is 3. The van der Waals surface area contributed by atoms with Crippen LogP contribution in [0, 0.1) is 18.3 Å². The number of carbonyl (C=O) groups excluding carboxylic acids is 1. The van der Waals surface area contributed by atoms with Crippen molar-refractivity contribution in [3.8, 4) is 12.3 Å². The van der Waals surface area contributed by atoms with Crippen molar-refractivity contribution in [2.24, 2.45) is 5.92 Å². The highest BCUT2D eigenvalue weighted by atomic mass is 16.5. The summed E-state index contributed by atoms with van der Waals surface area (Å²) < 4.78 is 5.34. The molecule has 0 aliphatic carbocycles. The third kappa shape index (κ3) is 9.92. The molecule has 0 aromatic carbocycles. The zero-order valence-corrected chi connectivity index (χ0v) is 11.4. The second-order valence-corrected chi connectivity index (χ2v) is 4.52. The fourth-order valence-electron chi connectivity index (χ4n) is 1.22. The van der Waals surface area contributed by atoms with E-state index >= 15 is 0 Å². The van der Waals surface area contributed by atoms with Crippen molar-refractivity contribution in [3.05, 3.63) is 0 Å². The predicted molar refractivity (Wildman–Crippen MR) is 71.7 cm³/mol. The van der Waals surface area contributed by atoms with E-state index in [0.717, 1.165) is 0 Å². The number of terminal acetylenes is 1. The standard InChI is InChI=1S/C13H22N2O4/c1-4-6-11(12(16)17)15-13(18)14-7-5-8-19-9-10(2)3/h1,10-11H,5-9H2,2-3H3,(H,16,17)(H2,14,15,18). The van der Waals surface area contributed by atoms with Gasteiger partial charge in [0.05, 0.1) is 0 Å². The van der Waals surface area contributed by atoms with Crippen molar-refractivity contribution in [3.63, 3.8) is 0 Å². The first kappa shape index (κ1) is 17.3. The SMILES string of the molecule is C#CCC(NC(=O)NCCCOCC(C)C)C(=O)O. The van der Waals surface area contributed by atoms with Gasteiger partial charge in [0.1, 0.15) is 6.04 Å². The van der Waals surface area contributed by atoms with Crippen LogP contribution in [0.3, 0.4) is 0 Å². The summed E-state index contributed by atoms with van der Waals surface area (Å²) >= 11 is 0. The minimum absolute atomic E-state index is 0.0414. The number of amides is 2. The molecule has 3 N–H and O–H groups in total. The molecule has 0 fully saturated rings. The van der Waals surface area contributed by atoms with Crippen LogP contribution in [0.15, 0.2) is 0 Å². The Morgan fingerprint density at radius 3 is 2.63 bits per heavy atom. The monoisotopic (exact) mass is 270 g/mol. The molecule has 1 atom stereocenters. The zero-order valence-electron chi connectivity index (χ0n) is 11.4. The number of carbonyl (C=O) groups is 2. The van der Waals surface area contributed by atoms with Gasteiger partial charge in [0.15, 0.2) is 0 Å². The van der Waals surface area contributed by atoms with Gasteiger partial charge < -0.3 is 20.5 Å². The van der Waals surface area contributed by atoms with Crippen LogP contribution >= 0.6 is 0 Å². The van der Waals surface area contributed by atoms with Crippen LogP contribution < -0.4 is 10.6 Å². The minimum Gasteiger partial charge on any atom is -0.480 e. The van der Waals surface area contributed by atoms with E-state index in [1.165, 1.54) is 0 Å². The summed E-state index contributed by atoms with van der Waals surface area (Å²) in [6.45, 7) is 5.79. The van der Waals surface area contributed by atoms with E-state index in [0.29, 0.717) is 32.1 Å². The van der Waals surface area contributed by atoms with Gasteiger partial charge in [0.2, 0.25) is 0 Å². The highest BCUT2D eigenvalue weighted by Crippen LogP contribution is 1.93. The lowest BCUT2D eigenvalue weighted by atomic mass is 10.2. The highest BCUT2D eigenvalue weighted by Gasteiger charge is 2.18. The Kier molecular flexibility index (Phi) is 9.27. The minimum atomic E-state index is -1.15. The molecule has 0 aliphatic rings. The molecule has 19 heavy (non-hydrogen) atoms. The van der Waals surface area contributed by atoms with Crippen molar-refractivity contribution in [2.45, 2.75) is 32.7 Å². The van der Waals surface area contributed by atoms with Crippen molar-refractivity contribution < 1.29 is 19.4 Å². The van der Waals surface area contributed by atoms with Crippen molar-refractivity contribution in [1.29, 1.82) is 0 Å². The molecule has 0 radical (unpaired) electrons. The second-order valence-electron chi connectivity index (χ2n) is 4.52. The lowest BCUT2D eigenvalue weighted by Gasteiger charge is -2.13. The van der Waals surface area contributed by atoms with Crippen LogP contribution in [0.4, 0.5) is 4.79 Å². The van der Waals surface area contributed by atoms with Crippen LogP contribution in [-0.2, 0) is 9.53 Å². The number of nitrogens with one attached hydrogen (secondary N) is 2. The summed E-state index contributed by atoms with van der Waals surface area (Å²) in [7, 11) is 0. The van der Waals surface area contributed by atoms with Crippen molar-refractivity contribution >= 4 is 12.0 Å². The lowest BCUT2D eigenvalue weighted by Crippen LogP contribution is -2.46. The molecule has 6 heteroatoms. The maximum Gasteiger partial charge on any atom is 0.327 e. The molecule has 0 aromatic heterocycles. The molecule has 0 saturated carbocycles. The maximum absolute atomic E-state index is 11.4. The molecule has 0 bridgehead atoms. The number of carboxylic acids is 1. The highest BCUT2D eigenvalue weighted by molar-refractivity contribution is 5.82. The fourth-order valence-corrected chi connectivity index (χ4v) is 1.22. The number of hydrogen-bond donors (Lipinski definition) is 3. The quantitative estimate of drug-likeness (QED) is 0.427. The number of rotatable bonds is 9. The van der Waals surface area contributed by atoms with Crippen LogP contribution in [0.5, 0.6) is 0 Å². The van der Waals surface area contributed by atoms with Gasteiger partial charge in [-0.3, -0.25) is 0 Å². The second kappa shape index (κ2) is 10.2. The number of ether oxygens (including phenoxy) is 1. The van der Waals surface area contributed by atoms with E-state index < -0.39 is 18.0 Å². The van der Waals surface area contributed by atoms with E-state index in [-0.39, 0.29) is 6.42 Å². The molecule has 0 saturated heterocycles. The molecule has 0 heterocycles. The molecule has 0 aliphatic heterocycles. The van der Waals surface area contributed by atoms with Crippen LogP contribution in [-0.4, -0.2) is 42.9 Å². The first-order chi connectivity index (χ1) is 8.97. The molecule has 0 rings (SSSR count). The molecule has 0 spiro atoms. The van der Waals surface area contributed by atoms with Gasteiger partial charge >= 0.3 is 12.0 Å². The molecule has 6 nitrogen and oxygen atoms in total. The summed E-state index contributed by atoms with van der Waals surface area (Å²) in [5.41, 5.74) is 0. The van der Waals surface area contributed by atoms with E-state index in [4.69, 9.17) is 16.3 Å². The zero-order chi connectivity index (χ0) is 14.7. The Morgan fingerprint density at radius 2 is 2.11 bits per heavy atom. The Morgan fingerprint density at radius 1 is 1.42 bits per heavy atom. The van der Waals surface area contributed by atoms with Gasteiger partial charge in [-0.1, -0.05) is 13.8 Å². The first-order valence-corrected chi connectivity index (χ1v) is 6.25. The average Bonchev–Trinajstić information content (AvgIpc) is 2.32. The molecular formula is C13H22N2O4. The lowest BCUT2D eigenvalue weighted by molar-refractivity contribution is -0.139. The van der Waals surface area contributed by atoms with Gasteiger partial charge in [0.25, 0.3) is 0 Å². The third-order valence-corrected chi connectivity index (χ3v) is 2.13. The van der Waals surface area contributed by atoms with Gasteiger partial charge in [-0.25, -0.2) is 9.59 Å². The molecular weight excluding hydrogens is 248 g/mol. The van der Waals surface area contributed by atoms with Gasteiger partial charge in [-0.15, -0.1) is 12.3 Å². The van der Waals surface area contributed by atoms with E-state index in [9.17, 15) is 9.59 Å². The number of aliphatic carboxylic acids is 1. The van der Waals surface area contributed by atoms with Gasteiger partial charge in [-0.05, 0) is 12.3 Å². The smallest absolute Gasteiger partial charge is 0.327 e. The Labute approximate surface area is 113 Å². The van der Waals surface area contributed by atoms with Crippen LogP contribution in [0.25, 0.3) is 0 Å². The maximum atomic E-state index is 11.4. The molecule has 2 amide bonds. The first-order valence-electron chi connectivity index (χ1n) is 6.25. The molecule has 108 valence electrons. The average molecular weight is 270 g/mol. The van der Waals surface area contributed by atoms with E-state index in [1.807, 2.05) is 0 Å². The summed E-state index contributed by atoms with van der Waals surface area (Å²) in [6, 6.07) is -1.59. The van der Waals surface area contributed by atoms with Crippen molar-refractivity contribution in [1.82, 2.24) is 10.6 Å². The van der Waals surface area contributed by atoms with Crippen LogP contribution in [0.1, 0.15) is 26.7 Å². The summed E-state index contributed by atoms with van der Waals surface area (Å²) in [5, 5.41) is 13.6. The normalized spacial score (nSPS) is 11.7. The molecule has 1 unspecified atom stereocenters.